The number of nitrogens with zero attached hydrogens (tertiary/aromatic N) is 1. The molecule has 1 atom stereocenters. The molecule has 4 aromatic rings. The molecule has 1 amide bonds. The van der Waals surface area contributed by atoms with E-state index < -0.39 is 11.9 Å². The van der Waals surface area contributed by atoms with E-state index in [9.17, 15) is 19.8 Å². The number of phenolic OH excluding ortho intramolecular Hbond substituents is 1. The zero-order valence-electron chi connectivity index (χ0n) is 20.8. The smallest absolute Gasteiger partial charge is 0.311 e. The van der Waals surface area contributed by atoms with Crippen LogP contribution in [0.2, 0.25) is 5.02 Å². The Bertz CT molecular complexity index is 1510. The number of benzene rings is 3. The molecule has 1 aliphatic heterocycles. The molecule has 8 nitrogen and oxygen atoms in total. The molecular weight excluding hydrogens is 520 g/mol. The molecule has 1 aromatic heterocycles. The minimum atomic E-state index is -0.919. The number of halogens is 1. The Labute approximate surface area is 229 Å². The van der Waals surface area contributed by atoms with Crippen LogP contribution in [0.3, 0.4) is 0 Å². The third kappa shape index (κ3) is 6.13. The first-order valence-electron chi connectivity index (χ1n) is 12.4. The van der Waals surface area contributed by atoms with E-state index in [2.05, 4.69) is 10.3 Å². The van der Waals surface area contributed by atoms with E-state index in [1.165, 1.54) is 0 Å². The zero-order valence-corrected chi connectivity index (χ0v) is 21.5. The minimum absolute atomic E-state index is 0.199. The predicted octanol–water partition coefficient (Wildman–Crippen LogP) is 5.82. The molecule has 198 valence electrons. The van der Waals surface area contributed by atoms with Gasteiger partial charge in [-0.25, -0.2) is 0 Å². The van der Waals surface area contributed by atoms with Crippen molar-refractivity contribution in [2.45, 2.75) is 18.8 Å². The minimum Gasteiger partial charge on any atom is -0.508 e. The Morgan fingerprint density at radius 1 is 1.05 bits per heavy atom. The molecule has 39 heavy (non-hydrogen) atoms. The lowest BCUT2D eigenvalue weighted by Gasteiger charge is -2.24. The summed E-state index contributed by atoms with van der Waals surface area (Å²) in [7, 11) is 0. The van der Waals surface area contributed by atoms with Crippen molar-refractivity contribution in [2.24, 2.45) is 0 Å². The van der Waals surface area contributed by atoms with Crippen molar-refractivity contribution in [3.63, 3.8) is 0 Å². The first-order valence-corrected chi connectivity index (χ1v) is 12.8. The molecule has 9 heteroatoms. The predicted molar refractivity (Wildman–Crippen MR) is 146 cm³/mol. The number of rotatable bonds is 8. The van der Waals surface area contributed by atoms with Crippen molar-refractivity contribution < 1.29 is 29.3 Å². The number of nitrogens with one attached hydrogen (secondary N) is 1. The van der Waals surface area contributed by atoms with Gasteiger partial charge in [0.1, 0.15) is 23.0 Å². The van der Waals surface area contributed by atoms with Gasteiger partial charge in [0.05, 0.1) is 23.2 Å². The fourth-order valence-electron chi connectivity index (χ4n) is 4.34. The lowest BCUT2D eigenvalue weighted by molar-refractivity contribution is -0.139. The van der Waals surface area contributed by atoms with Crippen molar-refractivity contribution in [3.8, 4) is 34.3 Å². The fraction of sp³-hybridized carbons (Fsp3) is 0.167. The van der Waals surface area contributed by atoms with Crippen molar-refractivity contribution in [1.29, 1.82) is 0 Å². The third-order valence-corrected chi connectivity index (χ3v) is 6.68. The highest BCUT2D eigenvalue weighted by Gasteiger charge is 2.29. The number of carboxylic acid groups (broad SMARTS) is 1. The SMILES string of the molecule is O=C(NCCc1cccc(-c2ccc(O)cc2)n1)c1ccc(Oc2cc3c(cc2Cl)C(C(=O)O)CCO3)cc1. The lowest BCUT2D eigenvalue weighted by Crippen LogP contribution is -2.25. The summed E-state index contributed by atoms with van der Waals surface area (Å²) < 4.78 is 11.5. The molecule has 1 aliphatic rings. The second-order valence-electron chi connectivity index (χ2n) is 9.04. The molecule has 0 fully saturated rings. The number of phenols is 1. The summed E-state index contributed by atoms with van der Waals surface area (Å²) >= 11 is 6.37. The number of hydrogen-bond acceptors (Lipinski definition) is 6. The highest BCUT2D eigenvalue weighted by Crippen LogP contribution is 2.41. The quantitative estimate of drug-likeness (QED) is 0.256. The number of amides is 1. The number of fused-ring (bicyclic) bond motifs is 1. The Balaban J connectivity index is 1.18. The molecule has 0 radical (unpaired) electrons. The van der Waals surface area contributed by atoms with Gasteiger partial charge < -0.3 is 25.0 Å². The van der Waals surface area contributed by atoms with Crippen molar-refractivity contribution >= 4 is 23.5 Å². The highest BCUT2D eigenvalue weighted by atomic mass is 35.5. The van der Waals surface area contributed by atoms with Gasteiger partial charge in [-0.3, -0.25) is 14.6 Å². The van der Waals surface area contributed by atoms with E-state index in [-0.39, 0.29) is 16.7 Å². The number of carboxylic acids is 1. The first kappa shape index (κ1) is 26.1. The number of carbonyl (C=O) groups is 2. The van der Waals surface area contributed by atoms with Crippen LogP contribution in [0, 0.1) is 0 Å². The largest absolute Gasteiger partial charge is 0.508 e. The van der Waals surface area contributed by atoms with E-state index in [1.54, 1.807) is 60.7 Å². The molecule has 0 spiro atoms. The standard InChI is InChI=1S/C30H25ClN2O6/c31-25-16-24-23(30(36)37)13-15-38-27(24)17-28(25)39-22-10-6-19(7-11-22)29(35)32-14-12-20-2-1-3-26(33-20)18-4-8-21(34)9-5-18/h1-11,16-17,23,34H,12-15H2,(H,32,35)(H,36,37). The summed E-state index contributed by atoms with van der Waals surface area (Å²) in [6.07, 6.45) is 0.936. The monoisotopic (exact) mass is 544 g/mol. The normalized spacial score (nSPS) is 14.1. The highest BCUT2D eigenvalue weighted by molar-refractivity contribution is 6.32. The number of aliphatic carboxylic acids is 1. The Hall–Kier alpha value is -4.56. The second-order valence-corrected chi connectivity index (χ2v) is 9.45. The number of pyridine rings is 1. The van der Waals surface area contributed by atoms with Crippen LogP contribution in [0.15, 0.2) is 78.9 Å². The van der Waals surface area contributed by atoms with Crippen LogP contribution in [0.5, 0.6) is 23.0 Å². The van der Waals surface area contributed by atoms with Crippen molar-refractivity contribution in [1.82, 2.24) is 10.3 Å². The number of aromatic hydroxyl groups is 1. The van der Waals surface area contributed by atoms with Crippen LogP contribution in [0.4, 0.5) is 0 Å². The van der Waals surface area contributed by atoms with Crippen molar-refractivity contribution in [3.05, 3.63) is 101 Å². The van der Waals surface area contributed by atoms with Crippen LogP contribution in [0.1, 0.15) is 34.0 Å². The molecule has 0 saturated heterocycles. The summed E-state index contributed by atoms with van der Waals surface area (Å²) in [6, 6.07) is 22.3. The molecule has 3 N–H and O–H groups in total. The Morgan fingerprint density at radius 2 is 1.82 bits per heavy atom. The number of ether oxygens (including phenoxy) is 2. The molecule has 5 rings (SSSR count). The maximum absolute atomic E-state index is 12.6. The van der Waals surface area contributed by atoms with E-state index in [0.29, 0.717) is 54.4 Å². The summed E-state index contributed by atoms with van der Waals surface area (Å²) in [5, 5.41) is 22.1. The first-order chi connectivity index (χ1) is 18.9. The van der Waals surface area contributed by atoms with Crippen LogP contribution < -0.4 is 14.8 Å². The average Bonchev–Trinajstić information content (AvgIpc) is 2.94. The van der Waals surface area contributed by atoms with Crippen LogP contribution >= 0.6 is 11.6 Å². The molecule has 0 bridgehead atoms. The lowest BCUT2D eigenvalue weighted by atomic mass is 9.93. The summed E-state index contributed by atoms with van der Waals surface area (Å²) in [4.78, 5) is 28.8. The molecule has 0 saturated carbocycles. The number of hydrogen-bond donors (Lipinski definition) is 3. The molecule has 1 unspecified atom stereocenters. The van der Waals surface area contributed by atoms with Gasteiger partial charge in [-0.2, -0.15) is 0 Å². The van der Waals surface area contributed by atoms with Gasteiger partial charge in [-0.05, 0) is 73.2 Å². The Morgan fingerprint density at radius 3 is 2.56 bits per heavy atom. The van der Waals surface area contributed by atoms with Gasteiger partial charge >= 0.3 is 5.97 Å². The number of carbonyl (C=O) groups excluding carboxylic acids is 1. The Kier molecular flexibility index (Phi) is 7.65. The topological polar surface area (TPSA) is 118 Å². The van der Waals surface area contributed by atoms with Gasteiger partial charge in [0, 0.05) is 41.4 Å². The average molecular weight is 545 g/mol. The molecule has 3 aromatic carbocycles. The van der Waals surface area contributed by atoms with Crippen LogP contribution in [0.25, 0.3) is 11.3 Å². The molecule has 2 heterocycles. The molecular formula is C30H25ClN2O6. The summed E-state index contributed by atoms with van der Waals surface area (Å²) in [5.41, 5.74) is 3.53. The van der Waals surface area contributed by atoms with Gasteiger partial charge in [-0.1, -0.05) is 17.7 Å². The summed E-state index contributed by atoms with van der Waals surface area (Å²) in [6.45, 7) is 0.708. The van der Waals surface area contributed by atoms with E-state index in [0.717, 1.165) is 17.0 Å². The second kappa shape index (κ2) is 11.4. The summed E-state index contributed by atoms with van der Waals surface area (Å²) in [5.74, 6) is -0.378. The fourth-order valence-corrected chi connectivity index (χ4v) is 4.55. The van der Waals surface area contributed by atoms with Crippen LogP contribution in [-0.2, 0) is 11.2 Å². The maximum atomic E-state index is 12.6. The van der Waals surface area contributed by atoms with E-state index in [4.69, 9.17) is 21.1 Å². The van der Waals surface area contributed by atoms with Gasteiger partial charge in [0.2, 0.25) is 0 Å². The number of aromatic nitrogens is 1. The van der Waals surface area contributed by atoms with E-state index >= 15 is 0 Å². The third-order valence-electron chi connectivity index (χ3n) is 6.38. The van der Waals surface area contributed by atoms with Gasteiger partial charge in [0.25, 0.3) is 5.91 Å². The maximum Gasteiger partial charge on any atom is 0.311 e. The van der Waals surface area contributed by atoms with E-state index in [1.807, 2.05) is 18.2 Å². The van der Waals surface area contributed by atoms with Gasteiger partial charge in [-0.15, -0.1) is 0 Å². The van der Waals surface area contributed by atoms with Gasteiger partial charge in [0.15, 0.2) is 0 Å². The van der Waals surface area contributed by atoms with Crippen LogP contribution in [-0.4, -0.2) is 40.2 Å². The zero-order chi connectivity index (χ0) is 27.4. The van der Waals surface area contributed by atoms with Crippen molar-refractivity contribution in [2.75, 3.05) is 13.2 Å². The molecule has 0 aliphatic carbocycles.